The van der Waals surface area contributed by atoms with Crippen molar-refractivity contribution >= 4 is 23.4 Å². The summed E-state index contributed by atoms with van der Waals surface area (Å²) in [5.74, 6) is 1.89. The van der Waals surface area contributed by atoms with Crippen molar-refractivity contribution in [3.8, 4) is 0 Å². The van der Waals surface area contributed by atoms with E-state index in [-0.39, 0.29) is 0 Å². The van der Waals surface area contributed by atoms with Crippen LogP contribution in [0.3, 0.4) is 0 Å². The number of halogens is 1. The number of nitrogens with one attached hydrogen (secondary N) is 1. The van der Waals surface area contributed by atoms with Crippen molar-refractivity contribution in [2.24, 2.45) is 5.92 Å². The van der Waals surface area contributed by atoms with Crippen LogP contribution in [-0.2, 0) is 0 Å². The van der Waals surface area contributed by atoms with Crippen LogP contribution in [-0.4, -0.2) is 12.3 Å². The lowest BCUT2D eigenvalue weighted by molar-refractivity contribution is 0.598. The molecular formula is C15H24ClNS. The van der Waals surface area contributed by atoms with Crippen LogP contribution in [0, 0.1) is 5.92 Å². The molecule has 0 aliphatic carbocycles. The normalized spacial score (nSPS) is 13.0. The van der Waals surface area contributed by atoms with Crippen molar-refractivity contribution < 1.29 is 0 Å². The number of rotatable bonds is 7. The summed E-state index contributed by atoms with van der Waals surface area (Å²) in [6, 6.07) is 6.78. The molecule has 0 aliphatic heterocycles. The molecule has 1 aromatic carbocycles. The van der Waals surface area contributed by atoms with Gasteiger partial charge in [-0.25, -0.2) is 0 Å². The molecule has 1 unspecified atom stereocenters. The highest BCUT2D eigenvalue weighted by molar-refractivity contribution is 7.99. The van der Waals surface area contributed by atoms with Crippen LogP contribution in [0.5, 0.6) is 0 Å². The second-order valence-electron chi connectivity index (χ2n) is 5.00. The quantitative estimate of drug-likeness (QED) is 0.696. The Morgan fingerprint density at radius 3 is 2.56 bits per heavy atom. The van der Waals surface area contributed by atoms with Crippen LogP contribution >= 0.6 is 23.4 Å². The second kappa shape index (κ2) is 8.08. The molecule has 0 fully saturated rings. The van der Waals surface area contributed by atoms with E-state index in [1.165, 1.54) is 16.9 Å². The van der Waals surface area contributed by atoms with Gasteiger partial charge in [-0.2, -0.15) is 0 Å². The van der Waals surface area contributed by atoms with E-state index < -0.39 is 0 Å². The minimum Gasteiger partial charge on any atom is -0.310 e. The lowest BCUT2D eigenvalue weighted by atomic mass is 10.1. The largest absolute Gasteiger partial charge is 0.310 e. The lowest BCUT2D eigenvalue weighted by Crippen LogP contribution is -2.17. The first kappa shape index (κ1) is 15.9. The van der Waals surface area contributed by atoms with Gasteiger partial charge in [0.15, 0.2) is 0 Å². The maximum atomic E-state index is 6.34. The first-order chi connectivity index (χ1) is 8.54. The Balaban J connectivity index is 2.62. The van der Waals surface area contributed by atoms with Gasteiger partial charge in [-0.15, -0.1) is 11.8 Å². The molecule has 1 N–H and O–H groups in total. The summed E-state index contributed by atoms with van der Waals surface area (Å²) in [5.41, 5.74) is 1.26. The Kier molecular flexibility index (Phi) is 7.13. The minimum absolute atomic E-state index is 0.363. The van der Waals surface area contributed by atoms with Crippen molar-refractivity contribution in [3.63, 3.8) is 0 Å². The fraction of sp³-hybridized carbons (Fsp3) is 0.600. The van der Waals surface area contributed by atoms with Crippen LogP contribution < -0.4 is 5.32 Å². The maximum absolute atomic E-state index is 6.34. The van der Waals surface area contributed by atoms with Gasteiger partial charge >= 0.3 is 0 Å². The van der Waals surface area contributed by atoms with E-state index in [9.17, 15) is 0 Å². The van der Waals surface area contributed by atoms with Gasteiger partial charge in [0, 0.05) is 10.9 Å². The molecule has 1 atom stereocenters. The van der Waals surface area contributed by atoms with Crippen molar-refractivity contribution in [1.29, 1.82) is 0 Å². The summed E-state index contributed by atoms with van der Waals surface area (Å²) >= 11 is 8.20. The van der Waals surface area contributed by atoms with Crippen LogP contribution in [0.15, 0.2) is 23.1 Å². The van der Waals surface area contributed by atoms with E-state index in [0.29, 0.717) is 6.04 Å². The van der Waals surface area contributed by atoms with Crippen LogP contribution in [0.1, 0.15) is 45.7 Å². The summed E-state index contributed by atoms with van der Waals surface area (Å²) in [6.07, 6.45) is 1.23. The molecule has 1 rings (SSSR count). The number of hydrogen-bond acceptors (Lipinski definition) is 2. The molecule has 0 saturated heterocycles. The summed E-state index contributed by atoms with van der Waals surface area (Å²) in [6.45, 7) is 9.77. The number of hydrogen-bond donors (Lipinski definition) is 1. The highest BCUT2D eigenvalue weighted by atomic mass is 35.5. The van der Waals surface area contributed by atoms with Crippen LogP contribution in [0.4, 0.5) is 0 Å². The van der Waals surface area contributed by atoms with Crippen molar-refractivity contribution in [2.75, 3.05) is 12.3 Å². The summed E-state index contributed by atoms with van der Waals surface area (Å²) in [5, 5.41) is 4.28. The van der Waals surface area contributed by atoms with E-state index in [4.69, 9.17) is 11.6 Å². The predicted molar refractivity (Wildman–Crippen MR) is 83.7 cm³/mol. The third-order valence-corrected chi connectivity index (χ3v) is 4.45. The van der Waals surface area contributed by atoms with Crippen molar-refractivity contribution in [3.05, 3.63) is 28.8 Å². The van der Waals surface area contributed by atoms with Gasteiger partial charge in [0.25, 0.3) is 0 Å². The average Bonchev–Trinajstić information content (AvgIpc) is 2.31. The molecular weight excluding hydrogens is 262 g/mol. The lowest BCUT2D eigenvalue weighted by Gasteiger charge is -2.14. The van der Waals surface area contributed by atoms with E-state index in [2.05, 4.69) is 51.2 Å². The molecule has 3 heteroatoms. The van der Waals surface area contributed by atoms with E-state index >= 15 is 0 Å². The molecule has 102 valence electrons. The molecule has 1 aromatic rings. The van der Waals surface area contributed by atoms with Crippen LogP contribution in [0.2, 0.25) is 5.02 Å². The second-order valence-corrected chi connectivity index (χ2v) is 6.54. The molecule has 0 amide bonds. The zero-order chi connectivity index (χ0) is 13.5. The van der Waals surface area contributed by atoms with Crippen molar-refractivity contribution in [1.82, 2.24) is 5.32 Å². The Morgan fingerprint density at radius 2 is 2.00 bits per heavy atom. The number of thioether (sulfide) groups is 1. The molecule has 0 aliphatic rings. The molecule has 0 aromatic heterocycles. The Labute approximate surface area is 121 Å². The highest BCUT2D eigenvalue weighted by Gasteiger charge is 2.07. The van der Waals surface area contributed by atoms with E-state index in [1.54, 1.807) is 0 Å². The average molecular weight is 286 g/mol. The monoisotopic (exact) mass is 285 g/mol. The summed E-state index contributed by atoms with van der Waals surface area (Å²) < 4.78 is 0. The maximum Gasteiger partial charge on any atom is 0.0545 e. The van der Waals surface area contributed by atoms with Gasteiger partial charge in [-0.05, 0) is 49.3 Å². The third-order valence-electron chi connectivity index (χ3n) is 2.92. The third kappa shape index (κ3) is 5.21. The Hall–Kier alpha value is -0.180. The standard InChI is InChI=1S/C15H24ClNS/c1-5-17-12(4)13-6-7-15(14(16)10-13)18-9-8-11(2)3/h6-7,10-12,17H,5,8-9H2,1-4H3. The van der Waals surface area contributed by atoms with Gasteiger partial charge < -0.3 is 5.32 Å². The molecule has 1 nitrogen and oxygen atoms in total. The predicted octanol–water partition coefficient (Wildman–Crippen LogP) is 5.15. The van der Waals surface area contributed by atoms with Gasteiger partial charge in [-0.3, -0.25) is 0 Å². The molecule has 0 bridgehead atoms. The highest BCUT2D eigenvalue weighted by Crippen LogP contribution is 2.30. The number of benzene rings is 1. The van der Waals surface area contributed by atoms with Crippen LogP contribution in [0.25, 0.3) is 0 Å². The van der Waals surface area contributed by atoms with Gasteiger partial charge in [0.2, 0.25) is 0 Å². The van der Waals surface area contributed by atoms with E-state index in [0.717, 1.165) is 23.2 Å². The fourth-order valence-electron chi connectivity index (χ4n) is 1.73. The zero-order valence-electron chi connectivity index (χ0n) is 11.8. The first-order valence-electron chi connectivity index (χ1n) is 6.70. The SMILES string of the molecule is CCNC(C)c1ccc(SCCC(C)C)c(Cl)c1. The van der Waals surface area contributed by atoms with Gasteiger partial charge in [-0.1, -0.05) is 38.4 Å². The van der Waals surface area contributed by atoms with Crippen molar-refractivity contribution in [2.45, 2.75) is 45.1 Å². The Morgan fingerprint density at radius 1 is 1.28 bits per heavy atom. The molecule has 0 saturated carbocycles. The fourth-order valence-corrected chi connectivity index (χ4v) is 3.26. The van der Waals surface area contributed by atoms with E-state index in [1.807, 2.05) is 11.8 Å². The first-order valence-corrected chi connectivity index (χ1v) is 8.06. The summed E-state index contributed by atoms with van der Waals surface area (Å²) in [7, 11) is 0. The Bertz CT molecular complexity index is 366. The molecule has 0 heterocycles. The molecule has 0 radical (unpaired) electrons. The van der Waals surface area contributed by atoms with Gasteiger partial charge in [0.1, 0.15) is 0 Å². The molecule has 0 spiro atoms. The minimum atomic E-state index is 0.363. The van der Waals surface area contributed by atoms with Gasteiger partial charge in [0.05, 0.1) is 5.02 Å². The smallest absolute Gasteiger partial charge is 0.0545 e. The topological polar surface area (TPSA) is 12.0 Å². The molecule has 18 heavy (non-hydrogen) atoms. The summed E-state index contributed by atoms with van der Waals surface area (Å²) in [4.78, 5) is 1.20. The zero-order valence-corrected chi connectivity index (χ0v) is 13.4.